The number of benzene rings is 1. The fourth-order valence-corrected chi connectivity index (χ4v) is 4.63. The minimum Gasteiger partial charge on any atom is -0.397 e. The van der Waals surface area contributed by atoms with Crippen LogP contribution in [0.1, 0.15) is 47.1 Å². The summed E-state index contributed by atoms with van der Waals surface area (Å²) in [4.78, 5) is 15.5. The van der Waals surface area contributed by atoms with Crippen molar-refractivity contribution in [3.05, 3.63) is 70.3 Å². The van der Waals surface area contributed by atoms with Gasteiger partial charge < -0.3 is 19.9 Å². The van der Waals surface area contributed by atoms with Gasteiger partial charge in [-0.25, -0.2) is 15.5 Å². The number of hydrazine groups is 1. The molecule has 1 fully saturated rings. The molecule has 1 aromatic carbocycles. The number of halogens is 1. The van der Waals surface area contributed by atoms with Crippen molar-refractivity contribution in [2.75, 3.05) is 6.61 Å². The first-order valence-corrected chi connectivity index (χ1v) is 11.5. The van der Waals surface area contributed by atoms with Gasteiger partial charge >= 0.3 is 0 Å². The molecule has 10 heteroatoms. The zero-order chi connectivity index (χ0) is 22.9. The molecule has 1 atom stereocenters. The molecule has 0 aliphatic carbocycles. The number of fused-ring (bicyclic) bond motifs is 2. The molecule has 0 amide bonds. The number of carbonyl (C=O) groups is 1. The van der Waals surface area contributed by atoms with Crippen molar-refractivity contribution in [2.45, 2.75) is 32.0 Å². The van der Waals surface area contributed by atoms with Crippen molar-refractivity contribution < 1.29 is 9.53 Å². The fourth-order valence-electron chi connectivity index (χ4n) is 4.18. The first kappa shape index (κ1) is 21.6. The fraction of sp³-hybridized carbons (Fsp3) is 0.261. The lowest BCUT2D eigenvalue weighted by Gasteiger charge is -2.23. The molecular formula is C23H24BrN7O2. The van der Waals surface area contributed by atoms with E-state index in [0.717, 1.165) is 64.4 Å². The smallest absolute Gasteiger partial charge is 0.151 e. The number of carbonyl (C=O) groups excluding carboxylic acids is 1. The predicted molar refractivity (Wildman–Crippen MR) is 129 cm³/mol. The van der Waals surface area contributed by atoms with Gasteiger partial charge in [-0.15, -0.1) is 0 Å². The number of ether oxygens (including phenoxy) is 1. The molecule has 0 saturated carbocycles. The van der Waals surface area contributed by atoms with Gasteiger partial charge in [0.2, 0.25) is 0 Å². The molecule has 9 nitrogen and oxygen atoms in total. The Morgan fingerprint density at radius 2 is 2.18 bits per heavy atom. The standard InChI is InChI=1S/C23H24BrN7O2/c24-16-7-18(19-9-27-31(21(19)8-16)23-3-1-2-6-33-23)20(25)13-30(26)12-17-11-29-10-15(14-32)4-5-22(29)28-17/h4-5,7-11,13-14,23H,1-3,6,12,25-26H2/b20-13-. The summed E-state index contributed by atoms with van der Waals surface area (Å²) in [5, 5.41) is 7.03. The van der Waals surface area contributed by atoms with Crippen LogP contribution in [-0.4, -0.2) is 37.1 Å². The third-order valence-corrected chi connectivity index (χ3v) is 6.19. The normalized spacial score (nSPS) is 17.0. The van der Waals surface area contributed by atoms with Crippen molar-refractivity contribution in [1.82, 2.24) is 24.2 Å². The van der Waals surface area contributed by atoms with E-state index >= 15 is 0 Å². The van der Waals surface area contributed by atoms with Crippen LogP contribution in [0.15, 0.2) is 53.5 Å². The first-order chi connectivity index (χ1) is 16.0. The zero-order valence-electron chi connectivity index (χ0n) is 17.9. The summed E-state index contributed by atoms with van der Waals surface area (Å²) in [6, 6.07) is 7.52. The number of aromatic nitrogens is 4. The van der Waals surface area contributed by atoms with E-state index in [4.69, 9.17) is 16.3 Å². The summed E-state index contributed by atoms with van der Waals surface area (Å²) in [5.74, 6) is 6.25. The van der Waals surface area contributed by atoms with Crippen molar-refractivity contribution >= 4 is 44.5 Å². The minimum absolute atomic E-state index is 0.0654. The maximum absolute atomic E-state index is 11.0. The van der Waals surface area contributed by atoms with E-state index in [2.05, 4.69) is 26.0 Å². The van der Waals surface area contributed by atoms with Crippen LogP contribution < -0.4 is 11.6 Å². The summed E-state index contributed by atoms with van der Waals surface area (Å²) < 4.78 is 10.6. The highest BCUT2D eigenvalue weighted by atomic mass is 79.9. The molecule has 0 spiro atoms. The molecule has 0 radical (unpaired) electrons. The second kappa shape index (κ2) is 8.97. The van der Waals surface area contributed by atoms with Gasteiger partial charge in [0.05, 0.1) is 29.6 Å². The Morgan fingerprint density at radius 3 is 2.97 bits per heavy atom. The molecule has 1 aliphatic heterocycles. The lowest BCUT2D eigenvalue weighted by molar-refractivity contribution is -0.0366. The summed E-state index contributed by atoms with van der Waals surface area (Å²) in [5.41, 5.74) is 10.9. The third kappa shape index (κ3) is 4.37. The highest BCUT2D eigenvalue weighted by molar-refractivity contribution is 9.10. The van der Waals surface area contributed by atoms with Gasteiger partial charge in [-0.1, -0.05) is 15.9 Å². The number of nitrogens with two attached hydrogens (primary N) is 2. The third-order valence-electron chi connectivity index (χ3n) is 5.73. The van der Waals surface area contributed by atoms with Crippen LogP contribution in [-0.2, 0) is 11.3 Å². The number of rotatable bonds is 6. The topological polar surface area (TPSA) is 117 Å². The van der Waals surface area contributed by atoms with Gasteiger partial charge in [0.1, 0.15) is 5.65 Å². The SMILES string of the molecule is N/C(=C\N(N)Cc1cn2cc(C=O)ccc2n1)c1cc(Br)cc2c1cnn2C1CCCCO1. The maximum atomic E-state index is 11.0. The molecule has 1 aliphatic rings. The molecule has 4 heterocycles. The molecule has 33 heavy (non-hydrogen) atoms. The summed E-state index contributed by atoms with van der Waals surface area (Å²) in [7, 11) is 0. The molecule has 170 valence electrons. The van der Waals surface area contributed by atoms with Crippen LogP contribution in [0.3, 0.4) is 0 Å². The van der Waals surface area contributed by atoms with Crippen LogP contribution >= 0.6 is 15.9 Å². The predicted octanol–water partition coefficient (Wildman–Crippen LogP) is 3.59. The van der Waals surface area contributed by atoms with E-state index in [0.29, 0.717) is 17.8 Å². The van der Waals surface area contributed by atoms with Crippen LogP contribution in [0.5, 0.6) is 0 Å². The molecule has 1 saturated heterocycles. The molecular weight excluding hydrogens is 486 g/mol. The van der Waals surface area contributed by atoms with Crippen LogP contribution in [0, 0.1) is 0 Å². The van der Waals surface area contributed by atoms with E-state index < -0.39 is 0 Å². The van der Waals surface area contributed by atoms with Gasteiger partial charge in [-0.05, 0) is 43.5 Å². The molecule has 1 unspecified atom stereocenters. The molecule has 4 aromatic rings. The summed E-state index contributed by atoms with van der Waals surface area (Å²) in [6.45, 7) is 1.10. The van der Waals surface area contributed by atoms with Crippen LogP contribution in [0.25, 0.3) is 22.2 Å². The maximum Gasteiger partial charge on any atom is 0.151 e. The van der Waals surface area contributed by atoms with Gasteiger partial charge in [-0.3, -0.25) is 4.79 Å². The molecule has 3 aromatic heterocycles. The van der Waals surface area contributed by atoms with E-state index in [-0.39, 0.29) is 6.23 Å². The number of hydrogen-bond acceptors (Lipinski definition) is 7. The molecule has 4 N–H and O–H groups in total. The van der Waals surface area contributed by atoms with E-state index in [1.165, 1.54) is 5.01 Å². The van der Waals surface area contributed by atoms with E-state index in [1.807, 2.05) is 29.2 Å². The average molecular weight is 510 g/mol. The van der Waals surface area contributed by atoms with E-state index in [9.17, 15) is 4.79 Å². The molecule has 0 bridgehead atoms. The Labute approximate surface area is 198 Å². The second-order valence-electron chi connectivity index (χ2n) is 8.13. The first-order valence-electron chi connectivity index (χ1n) is 10.7. The van der Waals surface area contributed by atoms with Crippen LogP contribution in [0.4, 0.5) is 0 Å². The number of aldehydes is 1. The van der Waals surface area contributed by atoms with Gasteiger partial charge in [0.25, 0.3) is 0 Å². The number of pyridine rings is 1. The summed E-state index contributed by atoms with van der Waals surface area (Å²) in [6.07, 6.45) is 11.0. The largest absolute Gasteiger partial charge is 0.397 e. The monoisotopic (exact) mass is 509 g/mol. The van der Waals surface area contributed by atoms with Gasteiger partial charge in [0, 0.05) is 46.2 Å². The van der Waals surface area contributed by atoms with Gasteiger partial charge in [-0.2, -0.15) is 5.10 Å². The van der Waals surface area contributed by atoms with Crippen molar-refractivity contribution in [3.8, 4) is 0 Å². The highest BCUT2D eigenvalue weighted by Crippen LogP contribution is 2.32. The quantitative estimate of drug-likeness (QED) is 0.231. The Kier molecular flexibility index (Phi) is 5.88. The number of hydrogen-bond donors (Lipinski definition) is 2. The van der Waals surface area contributed by atoms with Gasteiger partial charge in [0.15, 0.2) is 12.5 Å². The highest BCUT2D eigenvalue weighted by Gasteiger charge is 2.20. The molecule has 5 rings (SSSR count). The van der Waals surface area contributed by atoms with Crippen LogP contribution in [0.2, 0.25) is 0 Å². The van der Waals surface area contributed by atoms with Crippen molar-refractivity contribution in [3.63, 3.8) is 0 Å². The van der Waals surface area contributed by atoms with E-state index in [1.54, 1.807) is 28.9 Å². The summed E-state index contributed by atoms with van der Waals surface area (Å²) >= 11 is 3.60. The average Bonchev–Trinajstić information content (AvgIpc) is 3.41. The Morgan fingerprint density at radius 1 is 1.30 bits per heavy atom. The Hall–Kier alpha value is -3.21. The number of imidazole rings is 1. The number of nitrogens with zero attached hydrogens (tertiary/aromatic N) is 5. The van der Waals surface area contributed by atoms with Crippen molar-refractivity contribution in [1.29, 1.82) is 0 Å². The lowest BCUT2D eigenvalue weighted by Crippen LogP contribution is -2.25. The second-order valence-corrected chi connectivity index (χ2v) is 9.05. The lowest BCUT2D eigenvalue weighted by atomic mass is 10.1. The minimum atomic E-state index is -0.0654. The zero-order valence-corrected chi connectivity index (χ0v) is 19.5. The Bertz CT molecular complexity index is 1350. The van der Waals surface area contributed by atoms with Crippen molar-refractivity contribution in [2.24, 2.45) is 11.6 Å². The Balaban J connectivity index is 1.41.